The third kappa shape index (κ3) is 2.54. The van der Waals surface area contributed by atoms with Crippen LogP contribution in [0.25, 0.3) is 10.9 Å². The van der Waals surface area contributed by atoms with Crippen molar-refractivity contribution >= 4 is 28.1 Å². The van der Waals surface area contributed by atoms with Crippen molar-refractivity contribution in [3.63, 3.8) is 0 Å². The van der Waals surface area contributed by atoms with Gasteiger partial charge in [0.2, 0.25) is 0 Å². The highest BCUT2D eigenvalue weighted by Gasteiger charge is 2.49. The van der Waals surface area contributed by atoms with Crippen molar-refractivity contribution in [2.75, 3.05) is 0 Å². The van der Waals surface area contributed by atoms with Crippen LogP contribution in [0, 0.1) is 0 Å². The number of thiazole rings is 1. The average molecular weight is 368 g/mol. The van der Waals surface area contributed by atoms with Crippen molar-refractivity contribution in [1.82, 2.24) is 19.4 Å². The molecule has 0 aromatic carbocycles. The van der Waals surface area contributed by atoms with E-state index in [9.17, 15) is 9.90 Å². The molecule has 2 bridgehead atoms. The molecule has 7 heteroatoms. The van der Waals surface area contributed by atoms with Gasteiger partial charge in [-0.1, -0.05) is 0 Å². The molecule has 26 heavy (non-hydrogen) atoms. The zero-order chi connectivity index (χ0) is 17.7. The first-order chi connectivity index (χ1) is 12.6. The number of hydrogen-bond acceptors (Lipinski definition) is 5. The van der Waals surface area contributed by atoms with Crippen molar-refractivity contribution in [2.45, 2.75) is 49.9 Å². The van der Waals surface area contributed by atoms with E-state index in [-0.39, 0.29) is 18.0 Å². The number of hydrogen-bond donors (Lipinski definition) is 1. The van der Waals surface area contributed by atoms with Crippen LogP contribution >= 0.6 is 11.3 Å². The second-order valence-corrected chi connectivity index (χ2v) is 8.20. The standard InChI is InChI=1S/C19H20N4O2S/c24-18(16-10-26-12-21-16)23-14-1-2-15(23)8-19(25,7-14)11-22-6-4-13-3-5-20-9-17(13)22/h3-6,9-10,12,14-15,25H,1-2,7-8,11H2. The van der Waals surface area contributed by atoms with Crippen LogP contribution in [0.4, 0.5) is 0 Å². The van der Waals surface area contributed by atoms with Crippen molar-refractivity contribution < 1.29 is 9.90 Å². The molecule has 2 atom stereocenters. The Labute approximate surface area is 155 Å². The van der Waals surface area contributed by atoms with Gasteiger partial charge in [-0.15, -0.1) is 11.3 Å². The Kier molecular flexibility index (Phi) is 3.62. The average Bonchev–Trinajstić information content (AvgIpc) is 3.35. The van der Waals surface area contributed by atoms with E-state index in [1.165, 1.54) is 11.3 Å². The van der Waals surface area contributed by atoms with Crippen LogP contribution in [0.2, 0.25) is 0 Å². The Morgan fingerprint density at radius 3 is 2.85 bits per heavy atom. The summed E-state index contributed by atoms with van der Waals surface area (Å²) in [6.45, 7) is 0.536. The van der Waals surface area contributed by atoms with Gasteiger partial charge in [0.1, 0.15) is 5.69 Å². The van der Waals surface area contributed by atoms with E-state index in [1.54, 1.807) is 11.7 Å². The first kappa shape index (κ1) is 16.0. The molecule has 1 amide bonds. The minimum atomic E-state index is -0.799. The lowest BCUT2D eigenvalue weighted by atomic mass is 9.85. The lowest BCUT2D eigenvalue weighted by Gasteiger charge is -2.43. The summed E-state index contributed by atoms with van der Waals surface area (Å²) in [4.78, 5) is 23.1. The van der Waals surface area contributed by atoms with Gasteiger partial charge in [-0.05, 0) is 37.8 Å². The van der Waals surface area contributed by atoms with Gasteiger partial charge >= 0.3 is 0 Å². The molecule has 2 saturated heterocycles. The molecule has 6 nitrogen and oxygen atoms in total. The van der Waals surface area contributed by atoms with Crippen LogP contribution in [0.5, 0.6) is 0 Å². The van der Waals surface area contributed by atoms with Gasteiger partial charge < -0.3 is 14.6 Å². The molecule has 5 heterocycles. The smallest absolute Gasteiger partial charge is 0.273 e. The second-order valence-electron chi connectivity index (χ2n) is 7.48. The van der Waals surface area contributed by atoms with Crippen molar-refractivity contribution in [1.29, 1.82) is 0 Å². The maximum atomic E-state index is 12.8. The lowest BCUT2D eigenvalue weighted by Crippen LogP contribution is -2.54. The van der Waals surface area contributed by atoms with Crippen molar-refractivity contribution in [3.8, 4) is 0 Å². The van der Waals surface area contributed by atoms with E-state index in [0.29, 0.717) is 25.1 Å². The van der Waals surface area contributed by atoms with E-state index < -0.39 is 5.60 Å². The molecular weight excluding hydrogens is 348 g/mol. The summed E-state index contributed by atoms with van der Waals surface area (Å²) in [5.41, 5.74) is 2.46. The maximum absolute atomic E-state index is 12.8. The number of nitrogens with zero attached hydrogens (tertiary/aromatic N) is 4. The van der Waals surface area contributed by atoms with E-state index in [1.807, 2.05) is 28.7 Å². The van der Waals surface area contributed by atoms with Crippen molar-refractivity contribution in [3.05, 3.63) is 47.3 Å². The molecule has 0 radical (unpaired) electrons. The monoisotopic (exact) mass is 368 g/mol. The van der Waals surface area contributed by atoms with Crippen LogP contribution in [0.1, 0.15) is 36.2 Å². The highest BCUT2D eigenvalue weighted by atomic mass is 32.1. The number of piperidine rings is 1. The summed E-state index contributed by atoms with van der Waals surface area (Å²) < 4.78 is 2.08. The van der Waals surface area contributed by atoms with Crippen LogP contribution in [-0.2, 0) is 6.54 Å². The summed E-state index contributed by atoms with van der Waals surface area (Å²) in [5.74, 6) is 0.0106. The summed E-state index contributed by atoms with van der Waals surface area (Å²) in [6, 6.07) is 4.21. The SMILES string of the molecule is O=C(c1cscn1)N1C2CCC1CC(O)(Cn1ccc3ccncc31)C2. The Hall–Kier alpha value is -2.25. The minimum absolute atomic E-state index is 0.0106. The van der Waals surface area contributed by atoms with Gasteiger partial charge in [-0.3, -0.25) is 9.78 Å². The zero-order valence-corrected chi connectivity index (χ0v) is 15.1. The van der Waals surface area contributed by atoms with Gasteiger partial charge in [0.25, 0.3) is 5.91 Å². The van der Waals surface area contributed by atoms with Crippen LogP contribution in [-0.4, -0.2) is 48.1 Å². The van der Waals surface area contributed by atoms with Gasteiger partial charge in [-0.2, -0.15) is 0 Å². The minimum Gasteiger partial charge on any atom is -0.388 e. The molecule has 0 spiro atoms. The first-order valence-corrected chi connectivity index (χ1v) is 9.89. The van der Waals surface area contributed by atoms with Gasteiger partial charge in [-0.25, -0.2) is 4.98 Å². The molecule has 2 aliphatic rings. The number of aromatic nitrogens is 3. The third-order valence-corrected chi connectivity index (χ3v) is 6.36. The molecule has 0 aliphatic carbocycles. The molecule has 2 unspecified atom stereocenters. The highest BCUT2D eigenvalue weighted by Crippen LogP contribution is 2.42. The molecule has 1 N–H and O–H groups in total. The number of amides is 1. The molecule has 134 valence electrons. The normalized spacial score (nSPS) is 28.0. The van der Waals surface area contributed by atoms with Gasteiger partial charge in [0.15, 0.2) is 0 Å². The first-order valence-electron chi connectivity index (χ1n) is 8.95. The summed E-state index contributed by atoms with van der Waals surface area (Å²) >= 11 is 1.44. The number of carbonyl (C=O) groups excluding carboxylic acids is 1. The topological polar surface area (TPSA) is 71.2 Å². The number of fused-ring (bicyclic) bond motifs is 3. The molecule has 0 saturated carbocycles. The number of pyridine rings is 1. The fourth-order valence-electron chi connectivity index (χ4n) is 4.72. The Bertz CT molecular complexity index is 938. The van der Waals surface area contributed by atoms with E-state index in [0.717, 1.165) is 23.7 Å². The summed E-state index contributed by atoms with van der Waals surface area (Å²) in [5, 5.41) is 14.3. The fraction of sp³-hybridized carbons (Fsp3) is 0.421. The fourth-order valence-corrected chi connectivity index (χ4v) is 5.24. The van der Waals surface area contributed by atoms with E-state index in [2.05, 4.69) is 20.6 Å². The Morgan fingerprint density at radius 1 is 1.31 bits per heavy atom. The number of rotatable bonds is 3. The molecular formula is C19H20N4O2S. The zero-order valence-electron chi connectivity index (χ0n) is 14.3. The molecule has 3 aromatic heterocycles. The lowest BCUT2D eigenvalue weighted by molar-refractivity contribution is -0.0534. The summed E-state index contributed by atoms with van der Waals surface area (Å²) in [6.07, 6.45) is 8.77. The predicted molar refractivity (Wildman–Crippen MR) is 99.0 cm³/mol. The van der Waals surface area contributed by atoms with Crippen LogP contribution in [0.15, 0.2) is 41.6 Å². The maximum Gasteiger partial charge on any atom is 0.273 e. The quantitative estimate of drug-likeness (QED) is 0.772. The van der Waals surface area contributed by atoms with Crippen LogP contribution < -0.4 is 0 Å². The molecule has 2 aliphatic heterocycles. The predicted octanol–water partition coefficient (Wildman–Crippen LogP) is 2.69. The van der Waals surface area contributed by atoms with E-state index in [4.69, 9.17) is 0 Å². The van der Waals surface area contributed by atoms with Gasteiger partial charge in [0, 0.05) is 35.2 Å². The van der Waals surface area contributed by atoms with E-state index >= 15 is 0 Å². The summed E-state index contributed by atoms with van der Waals surface area (Å²) in [7, 11) is 0. The molecule has 2 fully saturated rings. The number of carbonyl (C=O) groups is 1. The highest BCUT2D eigenvalue weighted by molar-refractivity contribution is 7.07. The molecule has 5 rings (SSSR count). The Balaban J connectivity index is 1.39. The van der Waals surface area contributed by atoms with Crippen molar-refractivity contribution in [2.24, 2.45) is 0 Å². The third-order valence-electron chi connectivity index (χ3n) is 5.78. The Morgan fingerprint density at radius 2 is 2.12 bits per heavy atom. The number of aliphatic hydroxyl groups is 1. The van der Waals surface area contributed by atoms with Crippen LogP contribution in [0.3, 0.4) is 0 Å². The largest absolute Gasteiger partial charge is 0.388 e. The second kappa shape index (κ2) is 5.89. The van der Waals surface area contributed by atoms with Gasteiger partial charge in [0.05, 0.1) is 29.4 Å². The molecule has 3 aromatic rings.